The summed E-state index contributed by atoms with van der Waals surface area (Å²) in [5, 5.41) is 3.49. The summed E-state index contributed by atoms with van der Waals surface area (Å²) in [5.41, 5.74) is 1.18. The zero-order valence-corrected chi connectivity index (χ0v) is 12.3. The van der Waals surface area contributed by atoms with Crippen molar-refractivity contribution >= 4 is 15.9 Å². The van der Waals surface area contributed by atoms with E-state index in [0.717, 1.165) is 23.9 Å². The lowest BCUT2D eigenvalue weighted by molar-refractivity contribution is 0.370. The van der Waals surface area contributed by atoms with Crippen molar-refractivity contribution < 1.29 is 4.39 Å². The van der Waals surface area contributed by atoms with E-state index in [9.17, 15) is 4.39 Å². The molecule has 2 unspecified atom stereocenters. The molecular formula is C14H21BrFN. The second-order valence-corrected chi connectivity index (χ2v) is 5.34. The van der Waals surface area contributed by atoms with E-state index in [1.807, 2.05) is 6.07 Å². The Morgan fingerprint density at radius 3 is 2.59 bits per heavy atom. The summed E-state index contributed by atoms with van der Waals surface area (Å²) in [4.78, 5) is 0. The van der Waals surface area contributed by atoms with Gasteiger partial charge in [-0.05, 0) is 43.0 Å². The van der Waals surface area contributed by atoms with Gasteiger partial charge in [0.2, 0.25) is 0 Å². The highest BCUT2D eigenvalue weighted by Gasteiger charge is 2.15. The predicted molar refractivity (Wildman–Crippen MR) is 74.7 cm³/mol. The van der Waals surface area contributed by atoms with Crippen LogP contribution in [-0.4, -0.2) is 12.6 Å². The van der Waals surface area contributed by atoms with Crippen LogP contribution < -0.4 is 5.32 Å². The summed E-state index contributed by atoms with van der Waals surface area (Å²) in [6.45, 7) is 7.56. The second kappa shape index (κ2) is 7.12. The van der Waals surface area contributed by atoms with Gasteiger partial charge in [-0.15, -0.1) is 0 Å². The molecule has 96 valence electrons. The van der Waals surface area contributed by atoms with E-state index in [0.29, 0.717) is 12.0 Å². The Bertz CT molecular complexity index is 354. The van der Waals surface area contributed by atoms with Crippen molar-refractivity contribution in [3.63, 3.8) is 0 Å². The van der Waals surface area contributed by atoms with Crippen LogP contribution in [0.3, 0.4) is 0 Å². The molecule has 0 aromatic heterocycles. The quantitative estimate of drug-likeness (QED) is 0.832. The summed E-state index contributed by atoms with van der Waals surface area (Å²) in [6.07, 6.45) is 2.08. The fourth-order valence-electron chi connectivity index (χ4n) is 2.19. The number of hydrogen-bond acceptors (Lipinski definition) is 1. The average Bonchev–Trinajstić information content (AvgIpc) is 2.29. The van der Waals surface area contributed by atoms with Gasteiger partial charge in [0, 0.05) is 10.5 Å². The molecule has 1 aromatic carbocycles. The second-order valence-electron chi connectivity index (χ2n) is 4.49. The third kappa shape index (κ3) is 4.40. The van der Waals surface area contributed by atoms with E-state index in [-0.39, 0.29) is 5.82 Å². The fraction of sp³-hybridized carbons (Fsp3) is 0.571. The predicted octanol–water partition coefficient (Wildman–Crippen LogP) is 4.15. The molecule has 0 heterocycles. The van der Waals surface area contributed by atoms with Gasteiger partial charge in [-0.2, -0.15) is 0 Å². The molecule has 3 heteroatoms. The smallest absolute Gasteiger partial charge is 0.124 e. The summed E-state index contributed by atoms with van der Waals surface area (Å²) >= 11 is 3.43. The van der Waals surface area contributed by atoms with Crippen molar-refractivity contribution in [2.75, 3.05) is 6.54 Å². The van der Waals surface area contributed by atoms with Gasteiger partial charge in [-0.25, -0.2) is 4.39 Å². The van der Waals surface area contributed by atoms with Gasteiger partial charge >= 0.3 is 0 Å². The maximum atomic E-state index is 13.0. The minimum Gasteiger partial charge on any atom is -0.314 e. The Kier molecular flexibility index (Phi) is 6.14. The van der Waals surface area contributed by atoms with Crippen molar-refractivity contribution in [3.05, 3.63) is 34.1 Å². The summed E-state index contributed by atoms with van der Waals surface area (Å²) in [6, 6.07) is 5.46. The third-order valence-corrected chi connectivity index (χ3v) is 3.89. The molecule has 1 rings (SSSR count). The minimum absolute atomic E-state index is 0.188. The lowest BCUT2D eigenvalue weighted by Crippen LogP contribution is -2.35. The first kappa shape index (κ1) is 14.7. The van der Waals surface area contributed by atoms with Crippen LogP contribution in [0, 0.1) is 11.7 Å². The number of nitrogens with one attached hydrogen (secondary N) is 1. The van der Waals surface area contributed by atoms with Gasteiger partial charge < -0.3 is 5.32 Å². The maximum absolute atomic E-state index is 13.0. The molecule has 0 saturated carbocycles. The normalized spacial score (nSPS) is 14.6. The van der Waals surface area contributed by atoms with E-state index in [4.69, 9.17) is 0 Å². The molecule has 0 fully saturated rings. The number of rotatable bonds is 6. The van der Waals surface area contributed by atoms with Gasteiger partial charge in [0.05, 0.1) is 0 Å². The molecule has 0 aliphatic rings. The van der Waals surface area contributed by atoms with Crippen LogP contribution in [-0.2, 0) is 6.42 Å². The number of hydrogen-bond donors (Lipinski definition) is 1. The van der Waals surface area contributed by atoms with Crippen LogP contribution >= 0.6 is 15.9 Å². The molecule has 1 nitrogen and oxygen atoms in total. The van der Waals surface area contributed by atoms with Crippen LogP contribution in [0.5, 0.6) is 0 Å². The van der Waals surface area contributed by atoms with Crippen molar-refractivity contribution in [1.29, 1.82) is 0 Å². The van der Waals surface area contributed by atoms with E-state index < -0.39 is 0 Å². The maximum Gasteiger partial charge on any atom is 0.124 e. The van der Waals surface area contributed by atoms with Gasteiger partial charge in [0.1, 0.15) is 5.82 Å². The molecule has 0 bridgehead atoms. The van der Waals surface area contributed by atoms with Crippen LogP contribution in [0.1, 0.15) is 32.8 Å². The Morgan fingerprint density at radius 2 is 2.06 bits per heavy atom. The first-order valence-electron chi connectivity index (χ1n) is 6.25. The first-order chi connectivity index (χ1) is 8.08. The fourth-order valence-corrected chi connectivity index (χ4v) is 2.70. The van der Waals surface area contributed by atoms with E-state index in [1.165, 1.54) is 17.7 Å². The van der Waals surface area contributed by atoms with Crippen molar-refractivity contribution in [3.8, 4) is 0 Å². The third-order valence-electron chi connectivity index (χ3n) is 3.15. The zero-order chi connectivity index (χ0) is 12.8. The van der Waals surface area contributed by atoms with Gasteiger partial charge in [0.15, 0.2) is 0 Å². The highest BCUT2D eigenvalue weighted by Crippen LogP contribution is 2.23. The van der Waals surface area contributed by atoms with Gasteiger partial charge in [0.25, 0.3) is 0 Å². The summed E-state index contributed by atoms with van der Waals surface area (Å²) < 4.78 is 13.9. The first-order valence-corrected chi connectivity index (χ1v) is 7.05. The zero-order valence-electron chi connectivity index (χ0n) is 10.8. The molecule has 1 N–H and O–H groups in total. The Labute approximate surface area is 112 Å². The lowest BCUT2D eigenvalue weighted by Gasteiger charge is -2.24. The molecule has 0 amide bonds. The molecule has 2 atom stereocenters. The molecule has 0 saturated heterocycles. The molecule has 0 aliphatic carbocycles. The molecule has 0 spiro atoms. The Balaban J connectivity index is 2.69. The Hall–Kier alpha value is -0.410. The molecule has 17 heavy (non-hydrogen) atoms. The SMILES string of the molecule is CCNC(CC)C(C)Cc1ccc(F)cc1Br. The van der Waals surface area contributed by atoms with E-state index in [1.54, 1.807) is 0 Å². The number of halogens is 2. The molecule has 0 radical (unpaired) electrons. The van der Waals surface area contributed by atoms with Gasteiger partial charge in [-0.3, -0.25) is 0 Å². The van der Waals surface area contributed by atoms with E-state index in [2.05, 4.69) is 42.0 Å². The summed E-state index contributed by atoms with van der Waals surface area (Å²) in [7, 11) is 0. The van der Waals surface area contributed by atoms with Gasteiger partial charge in [-0.1, -0.05) is 42.8 Å². The summed E-state index contributed by atoms with van der Waals surface area (Å²) in [5.74, 6) is 0.355. The molecule has 0 aliphatic heterocycles. The van der Waals surface area contributed by atoms with Crippen molar-refractivity contribution in [2.24, 2.45) is 5.92 Å². The average molecular weight is 302 g/mol. The number of benzene rings is 1. The van der Waals surface area contributed by atoms with Crippen LogP contribution in [0.4, 0.5) is 4.39 Å². The van der Waals surface area contributed by atoms with Crippen LogP contribution in [0.25, 0.3) is 0 Å². The highest BCUT2D eigenvalue weighted by atomic mass is 79.9. The molecule has 1 aromatic rings. The monoisotopic (exact) mass is 301 g/mol. The van der Waals surface area contributed by atoms with Crippen LogP contribution in [0.15, 0.2) is 22.7 Å². The van der Waals surface area contributed by atoms with Crippen LogP contribution in [0.2, 0.25) is 0 Å². The van der Waals surface area contributed by atoms with Crippen molar-refractivity contribution in [2.45, 2.75) is 39.7 Å². The standard InChI is InChI=1S/C14H21BrFN/c1-4-14(17-5-2)10(3)8-11-6-7-12(16)9-13(11)15/h6-7,9-10,14,17H,4-5,8H2,1-3H3. The van der Waals surface area contributed by atoms with Crippen molar-refractivity contribution in [1.82, 2.24) is 5.32 Å². The minimum atomic E-state index is -0.188. The largest absolute Gasteiger partial charge is 0.314 e. The highest BCUT2D eigenvalue weighted by molar-refractivity contribution is 9.10. The Morgan fingerprint density at radius 1 is 1.35 bits per heavy atom. The molecular weight excluding hydrogens is 281 g/mol. The van der Waals surface area contributed by atoms with E-state index >= 15 is 0 Å². The topological polar surface area (TPSA) is 12.0 Å². The lowest BCUT2D eigenvalue weighted by atomic mass is 9.92.